The molecule has 3 N–H and O–H groups in total. The molecule has 0 fully saturated rings. The Kier molecular flexibility index (Phi) is 6.46. The first-order valence-corrected chi connectivity index (χ1v) is 12.2. The SMILES string of the molecule is CCc1cc2ncnc(Nc3ccc(Cc4cccc(C5=NN=C(C(C)C)C5)c4)cc3F)c2cc1N. The summed E-state index contributed by atoms with van der Waals surface area (Å²) >= 11 is 0. The molecular formula is C29H29FN6. The van der Waals surface area contributed by atoms with Crippen molar-refractivity contribution in [3.05, 3.63) is 89.0 Å². The summed E-state index contributed by atoms with van der Waals surface area (Å²) in [6.45, 7) is 6.31. The fourth-order valence-electron chi connectivity index (χ4n) is 4.41. The number of anilines is 3. The molecule has 5 rings (SSSR count). The van der Waals surface area contributed by atoms with E-state index in [1.807, 2.05) is 31.2 Å². The first-order chi connectivity index (χ1) is 17.4. The van der Waals surface area contributed by atoms with E-state index in [1.54, 1.807) is 12.1 Å². The van der Waals surface area contributed by atoms with Crippen LogP contribution < -0.4 is 11.1 Å². The van der Waals surface area contributed by atoms with Gasteiger partial charge in [0.2, 0.25) is 0 Å². The molecule has 1 aliphatic heterocycles. The molecule has 3 aromatic carbocycles. The average Bonchev–Trinajstić information content (AvgIpc) is 3.37. The van der Waals surface area contributed by atoms with E-state index >= 15 is 4.39 Å². The number of hydrogen-bond acceptors (Lipinski definition) is 6. The Balaban J connectivity index is 1.34. The van der Waals surface area contributed by atoms with Crippen molar-refractivity contribution in [2.75, 3.05) is 11.1 Å². The third kappa shape index (κ3) is 4.82. The highest BCUT2D eigenvalue weighted by molar-refractivity contribution is 6.15. The molecule has 7 heteroatoms. The minimum atomic E-state index is -0.344. The Morgan fingerprint density at radius 3 is 2.58 bits per heavy atom. The second-order valence-electron chi connectivity index (χ2n) is 9.43. The lowest BCUT2D eigenvalue weighted by Gasteiger charge is -2.12. The van der Waals surface area contributed by atoms with Gasteiger partial charge in [0.15, 0.2) is 0 Å². The van der Waals surface area contributed by atoms with E-state index in [0.717, 1.165) is 57.4 Å². The number of nitrogens with zero attached hydrogens (tertiary/aromatic N) is 4. The van der Waals surface area contributed by atoms with Crippen LogP contribution >= 0.6 is 0 Å². The molecule has 0 bridgehead atoms. The summed E-state index contributed by atoms with van der Waals surface area (Å²) in [5.74, 6) is 0.564. The maximum atomic E-state index is 15.1. The van der Waals surface area contributed by atoms with E-state index in [4.69, 9.17) is 5.73 Å². The Hall–Kier alpha value is -4.13. The van der Waals surface area contributed by atoms with E-state index in [2.05, 4.69) is 57.5 Å². The van der Waals surface area contributed by atoms with Crippen molar-refractivity contribution >= 4 is 39.5 Å². The molecule has 36 heavy (non-hydrogen) atoms. The average molecular weight is 481 g/mol. The third-order valence-corrected chi connectivity index (χ3v) is 6.55. The van der Waals surface area contributed by atoms with Gasteiger partial charge in [-0.2, -0.15) is 10.2 Å². The molecule has 4 aromatic rings. The Labute approximate surface area is 210 Å². The predicted octanol–water partition coefficient (Wildman–Crippen LogP) is 6.45. The van der Waals surface area contributed by atoms with Crippen molar-refractivity contribution in [1.82, 2.24) is 9.97 Å². The van der Waals surface area contributed by atoms with Crippen LogP contribution in [-0.2, 0) is 12.8 Å². The van der Waals surface area contributed by atoms with Crippen LogP contribution in [0.15, 0.2) is 71.1 Å². The van der Waals surface area contributed by atoms with Crippen molar-refractivity contribution in [1.29, 1.82) is 0 Å². The number of aryl methyl sites for hydroxylation is 1. The molecule has 0 aliphatic carbocycles. The molecule has 0 amide bonds. The number of benzene rings is 3. The molecular weight excluding hydrogens is 451 g/mol. The molecule has 182 valence electrons. The van der Waals surface area contributed by atoms with Gasteiger partial charge in [-0.25, -0.2) is 14.4 Å². The Morgan fingerprint density at radius 1 is 1.00 bits per heavy atom. The summed E-state index contributed by atoms with van der Waals surface area (Å²) < 4.78 is 15.1. The number of fused-ring (bicyclic) bond motifs is 1. The maximum absolute atomic E-state index is 15.1. The van der Waals surface area contributed by atoms with Gasteiger partial charge >= 0.3 is 0 Å². The lowest BCUT2D eigenvalue weighted by molar-refractivity contribution is 0.630. The van der Waals surface area contributed by atoms with Crippen molar-refractivity contribution in [2.45, 2.75) is 40.0 Å². The van der Waals surface area contributed by atoms with Crippen LogP contribution in [0.25, 0.3) is 10.9 Å². The zero-order chi connectivity index (χ0) is 25.2. The molecule has 2 heterocycles. The zero-order valence-corrected chi connectivity index (χ0v) is 20.7. The number of hydrogen-bond donors (Lipinski definition) is 2. The summed E-state index contributed by atoms with van der Waals surface area (Å²) in [4.78, 5) is 8.68. The van der Waals surface area contributed by atoms with E-state index in [-0.39, 0.29) is 5.82 Å². The van der Waals surface area contributed by atoms with Gasteiger partial charge in [0.1, 0.15) is 18.0 Å². The van der Waals surface area contributed by atoms with Crippen molar-refractivity contribution < 1.29 is 4.39 Å². The van der Waals surface area contributed by atoms with E-state index in [1.165, 1.54) is 6.33 Å². The summed E-state index contributed by atoms with van der Waals surface area (Å²) in [5.41, 5.74) is 14.1. The van der Waals surface area contributed by atoms with Gasteiger partial charge in [0, 0.05) is 23.2 Å². The van der Waals surface area contributed by atoms with Crippen molar-refractivity contribution in [3.63, 3.8) is 0 Å². The van der Waals surface area contributed by atoms with Gasteiger partial charge in [0.05, 0.1) is 16.9 Å². The molecule has 0 atom stereocenters. The number of nitrogens with one attached hydrogen (secondary N) is 1. The van der Waals surface area contributed by atoms with Gasteiger partial charge < -0.3 is 11.1 Å². The first kappa shape index (κ1) is 23.6. The highest BCUT2D eigenvalue weighted by Crippen LogP contribution is 2.29. The summed E-state index contributed by atoms with van der Waals surface area (Å²) in [6.07, 6.45) is 3.68. The molecule has 1 aromatic heterocycles. The molecule has 0 radical (unpaired) electrons. The first-order valence-electron chi connectivity index (χ1n) is 12.2. The zero-order valence-electron chi connectivity index (χ0n) is 20.7. The van der Waals surface area contributed by atoms with Gasteiger partial charge in [-0.1, -0.05) is 45.0 Å². The second kappa shape index (κ2) is 9.85. The standard InChI is InChI=1S/C29H29FN6/c1-4-20-13-28-22(14-24(20)31)29(33-16-32-28)34-25-9-8-19(12-23(25)30)10-18-6-5-7-21(11-18)27-15-26(17(2)3)35-36-27/h5-9,11-14,16-17H,4,10,15,31H2,1-3H3,(H,32,33,34). The number of halogens is 1. The van der Waals surface area contributed by atoms with Crippen LogP contribution in [0.5, 0.6) is 0 Å². The molecule has 0 unspecified atom stereocenters. The van der Waals surface area contributed by atoms with Crippen LogP contribution in [0.1, 0.15) is 49.4 Å². The predicted molar refractivity (Wildman–Crippen MR) is 146 cm³/mol. The van der Waals surface area contributed by atoms with Gasteiger partial charge in [-0.15, -0.1) is 0 Å². The Bertz CT molecular complexity index is 1510. The topological polar surface area (TPSA) is 88.5 Å². The van der Waals surface area contributed by atoms with Crippen LogP contribution in [0, 0.1) is 11.7 Å². The fraction of sp³-hybridized carbons (Fsp3) is 0.241. The fourth-order valence-corrected chi connectivity index (χ4v) is 4.41. The lowest BCUT2D eigenvalue weighted by Crippen LogP contribution is -2.09. The molecule has 0 saturated heterocycles. The quantitative estimate of drug-likeness (QED) is 0.297. The lowest BCUT2D eigenvalue weighted by atomic mass is 9.96. The normalized spacial score (nSPS) is 13.2. The van der Waals surface area contributed by atoms with Gasteiger partial charge in [0.25, 0.3) is 0 Å². The van der Waals surface area contributed by atoms with E-state index in [0.29, 0.717) is 29.5 Å². The van der Waals surface area contributed by atoms with E-state index < -0.39 is 0 Å². The van der Waals surface area contributed by atoms with Gasteiger partial charge in [-0.05, 0) is 71.3 Å². The molecule has 0 spiro atoms. The Morgan fingerprint density at radius 2 is 1.83 bits per heavy atom. The highest BCUT2D eigenvalue weighted by atomic mass is 19.1. The maximum Gasteiger partial charge on any atom is 0.146 e. The van der Waals surface area contributed by atoms with Crippen LogP contribution in [0.4, 0.5) is 21.6 Å². The second-order valence-corrected chi connectivity index (χ2v) is 9.43. The highest BCUT2D eigenvalue weighted by Gasteiger charge is 2.17. The number of nitrogen functional groups attached to an aromatic ring is 1. The molecule has 0 saturated carbocycles. The minimum absolute atomic E-state index is 0.344. The van der Waals surface area contributed by atoms with E-state index in [9.17, 15) is 0 Å². The van der Waals surface area contributed by atoms with Crippen LogP contribution in [0.2, 0.25) is 0 Å². The van der Waals surface area contributed by atoms with Crippen LogP contribution in [0.3, 0.4) is 0 Å². The van der Waals surface area contributed by atoms with Crippen molar-refractivity contribution in [3.8, 4) is 0 Å². The molecule has 6 nitrogen and oxygen atoms in total. The largest absolute Gasteiger partial charge is 0.398 e. The van der Waals surface area contributed by atoms with Gasteiger partial charge in [-0.3, -0.25) is 0 Å². The third-order valence-electron chi connectivity index (χ3n) is 6.55. The minimum Gasteiger partial charge on any atom is -0.398 e. The van der Waals surface area contributed by atoms with Crippen molar-refractivity contribution in [2.24, 2.45) is 16.1 Å². The smallest absolute Gasteiger partial charge is 0.146 e. The number of rotatable bonds is 7. The summed E-state index contributed by atoms with van der Waals surface area (Å²) in [6, 6.07) is 17.3. The summed E-state index contributed by atoms with van der Waals surface area (Å²) in [5, 5.41) is 12.6. The number of aromatic nitrogens is 2. The van der Waals surface area contributed by atoms with Crippen LogP contribution in [-0.4, -0.2) is 21.4 Å². The summed E-state index contributed by atoms with van der Waals surface area (Å²) in [7, 11) is 0. The monoisotopic (exact) mass is 480 g/mol. The number of nitrogens with two attached hydrogens (primary N) is 1. The molecule has 1 aliphatic rings.